The summed E-state index contributed by atoms with van der Waals surface area (Å²) in [6.45, 7) is 4.02. The number of carbonyl (C=O) groups excluding carboxylic acids is 1. The lowest BCUT2D eigenvalue weighted by Crippen LogP contribution is -2.13. The Labute approximate surface area is 129 Å². The van der Waals surface area contributed by atoms with E-state index < -0.39 is 0 Å². The van der Waals surface area contributed by atoms with Crippen LogP contribution in [0.25, 0.3) is 0 Å². The number of aryl methyl sites for hydroxylation is 2. The number of amides is 1. The van der Waals surface area contributed by atoms with Gasteiger partial charge in [-0.25, -0.2) is 4.98 Å². The molecule has 0 saturated heterocycles. The van der Waals surface area contributed by atoms with E-state index in [2.05, 4.69) is 10.3 Å². The Balaban J connectivity index is 1.83. The summed E-state index contributed by atoms with van der Waals surface area (Å²) >= 11 is 1.59. The number of aromatic nitrogens is 1. The first-order chi connectivity index (χ1) is 10.0. The molecule has 3 N–H and O–H groups in total. The minimum absolute atomic E-state index is 0.0372. The van der Waals surface area contributed by atoms with E-state index in [-0.39, 0.29) is 5.91 Å². The third-order valence-electron chi connectivity index (χ3n) is 2.89. The Morgan fingerprint density at radius 3 is 2.76 bits per heavy atom. The second-order valence-corrected chi connectivity index (χ2v) is 5.97. The van der Waals surface area contributed by atoms with Crippen molar-refractivity contribution < 1.29 is 4.79 Å². The fourth-order valence-corrected chi connectivity index (χ4v) is 2.92. The molecule has 1 aromatic carbocycles. The molecule has 0 spiro atoms. The smallest absolute Gasteiger partial charge is 0.225 e. The molecule has 1 heterocycles. The summed E-state index contributed by atoms with van der Waals surface area (Å²) in [6, 6.07) is 11.3. The summed E-state index contributed by atoms with van der Waals surface area (Å²) < 4.78 is 0. The van der Waals surface area contributed by atoms with Gasteiger partial charge in [0.1, 0.15) is 0 Å². The predicted molar refractivity (Wildman–Crippen MR) is 88.5 cm³/mol. The number of nitrogen functional groups attached to an aromatic ring is 1. The lowest BCUT2D eigenvalue weighted by Gasteiger charge is -2.08. The number of para-hydroxylation sites is 2. The van der Waals surface area contributed by atoms with Crippen LogP contribution in [0.5, 0.6) is 0 Å². The quantitative estimate of drug-likeness (QED) is 0.656. The number of nitrogens with one attached hydrogen (secondary N) is 1. The van der Waals surface area contributed by atoms with Crippen LogP contribution in [0.2, 0.25) is 0 Å². The fraction of sp³-hybridized carbons (Fsp3) is 0.250. The number of hydrogen-bond acceptors (Lipinski definition) is 4. The average molecular weight is 301 g/mol. The van der Waals surface area contributed by atoms with Gasteiger partial charge in [-0.2, -0.15) is 0 Å². The molecule has 2 rings (SSSR count). The number of pyridine rings is 1. The monoisotopic (exact) mass is 301 g/mol. The largest absolute Gasteiger partial charge is 0.397 e. The number of nitrogens with zero attached hydrogens (tertiary/aromatic N) is 1. The van der Waals surface area contributed by atoms with Crippen molar-refractivity contribution >= 4 is 29.0 Å². The number of anilines is 2. The molecule has 1 aromatic heterocycles. The van der Waals surface area contributed by atoms with Crippen molar-refractivity contribution in [2.75, 3.05) is 16.8 Å². The minimum atomic E-state index is -0.0372. The van der Waals surface area contributed by atoms with Gasteiger partial charge in [0.15, 0.2) is 0 Å². The number of benzene rings is 1. The molecular formula is C16H19N3OS. The summed E-state index contributed by atoms with van der Waals surface area (Å²) in [7, 11) is 0. The highest BCUT2D eigenvalue weighted by Gasteiger charge is 2.06. The highest BCUT2D eigenvalue weighted by Crippen LogP contribution is 2.20. The van der Waals surface area contributed by atoms with Crippen LogP contribution in [-0.2, 0) is 4.79 Å². The summed E-state index contributed by atoms with van der Waals surface area (Å²) in [5, 5.41) is 3.78. The maximum Gasteiger partial charge on any atom is 0.225 e. The standard InChI is InChI=1S/C16H19N3OS/c1-11-9-12(2)18-16(10-11)21-8-7-15(20)19-14-6-4-3-5-13(14)17/h3-6,9-10H,7-8,17H2,1-2H3,(H,19,20). The van der Waals surface area contributed by atoms with Crippen molar-refractivity contribution in [3.05, 3.63) is 47.7 Å². The highest BCUT2D eigenvalue weighted by molar-refractivity contribution is 7.99. The second kappa shape index (κ2) is 7.13. The van der Waals surface area contributed by atoms with Crippen molar-refractivity contribution in [1.29, 1.82) is 0 Å². The van der Waals surface area contributed by atoms with Crippen molar-refractivity contribution in [3.63, 3.8) is 0 Å². The van der Waals surface area contributed by atoms with Gasteiger partial charge in [-0.05, 0) is 43.7 Å². The SMILES string of the molecule is Cc1cc(C)nc(SCCC(=O)Nc2ccccc2N)c1. The minimum Gasteiger partial charge on any atom is -0.397 e. The Morgan fingerprint density at radius 2 is 2.05 bits per heavy atom. The van der Waals surface area contributed by atoms with E-state index in [4.69, 9.17) is 5.73 Å². The first kappa shape index (κ1) is 15.4. The molecule has 0 aliphatic carbocycles. The molecule has 4 nitrogen and oxygen atoms in total. The van der Waals surface area contributed by atoms with E-state index in [0.717, 1.165) is 10.7 Å². The van der Waals surface area contributed by atoms with Crippen LogP contribution < -0.4 is 11.1 Å². The predicted octanol–water partition coefficient (Wildman–Crippen LogP) is 3.40. The van der Waals surface area contributed by atoms with Crippen molar-refractivity contribution in [1.82, 2.24) is 4.98 Å². The van der Waals surface area contributed by atoms with Gasteiger partial charge in [0, 0.05) is 17.9 Å². The van der Waals surface area contributed by atoms with Crippen molar-refractivity contribution in [3.8, 4) is 0 Å². The van der Waals surface area contributed by atoms with E-state index >= 15 is 0 Å². The number of rotatable bonds is 5. The third-order valence-corrected chi connectivity index (χ3v) is 3.80. The summed E-state index contributed by atoms with van der Waals surface area (Å²) in [4.78, 5) is 16.3. The zero-order chi connectivity index (χ0) is 15.2. The summed E-state index contributed by atoms with van der Waals surface area (Å²) in [5.41, 5.74) is 9.22. The molecule has 0 atom stereocenters. The molecule has 0 saturated carbocycles. The van der Waals surface area contributed by atoms with E-state index in [9.17, 15) is 4.79 Å². The van der Waals surface area contributed by atoms with Gasteiger partial charge < -0.3 is 11.1 Å². The molecule has 0 unspecified atom stereocenters. The molecule has 2 aromatic rings. The third kappa shape index (κ3) is 4.79. The Kier molecular flexibility index (Phi) is 5.22. The van der Waals surface area contributed by atoms with Gasteiger partial charge in [0.2, 0.25) is 5.91 Å². The molecule has 0 aliphatic rings. The van der Waals surface area contributed by atoms with E-state index in [0.29, 0.717) is 23.5 Å². The van der Waals surface area contributed by atoms with Gasteiger partial charge >= 0.3 is 0 Å². The Bertz CT molecular complexity index is 623. The molecular weight excluding hydrogens is 282 g/mol. The van der Waals surface area contributed by atoms with Gasteiger partial charge in [0.05, 0.1) is 16.4 Å². The molecule has 1 amide bonds. The van der Waals surface area contributed by atoms with Gasteiger partial charge in [0.25, 0.3) is 0 Å². The first-order valence-corrected chi connectivity index (χ1v) is 7.75. The Hall–Kier alpha value is -2.01. The van der Waals surface area contributed by atoms with E-state index in [1.54, 1.807) is 23.9 Å². The van der Waals surface area contributed by atoms with Gasteiger partial charge in [-0.15, -0.1) is 11.8 Å². The normalized spacial score (nSPS) is 10.4. The zero-order valence-corrected chi connectivity index (χ0v) is 13.0. The lowest BCUT2D eigenvalue weighted by atomic mass is 10.2. The molecule has 0 fully saturated rings. The molecule has 0 aliphatic heterocycles. The van der Waals surface area contributed by atoms with E-state index in [1.807, 2.05) is 38.1 Å². The van der Waals surface area contributed by atoms with Crippen LogP contribution in [0.4, 0.5) is 11.4 Å². The van der Waals surface area contributed by atoms with Crippen LogP contribution in [0.3, 0.4) is 0 Å². The van der Waals surface area contributed by atoms with E-state index in [1.165, 1.54) is 5.56 Å². The van der Waals surface area contributed by atoms with Crippen LogP contribution in [-0.4, -0.2) is 16.6 Å². The maximum atomic E-state index is 11.9. The molecule has 5 heteroatoms. The summed E-state index contributed by atoms with van der Waals surface area (Å²) in [6.07, 6.45) is 0.424. The van der Waals surface area contributed by atoms with Crippen molar-refractivity contribution in [2.24, 2.45) is 0 Å². The van der Waals surface area contributed by atoms with Crippen LogP contribution in [0, 0.1) is 13.8 Å². The maximum absolute atomic E-state index is 11.9. The number of carbonyl (C=O) groups is 1. The van der Waals surface area contributed by atoms with Crippen LogP contribution in [0.1, 0.15) is 17.7 Å². The van der Waals surface area contributed by atoms with Crippen LogP contribution in [0.15, 0.2) is 41.4 Å². The highest BCUT2D eigenvalue weighted by atomic mass is 32.2. The molecule has 21 heavy (non-hydrogen) atoms. The molecule has 0 radical (unpaired) electrons. The van der Waals surface area contributed by atoms with Gasteiger partial charge in [-0.1, -0.05) is 12.1 Å². The second-order valence-electron chi connectivity index (χ2n) is 4.86. The fourth-order valence-electron chi connectivity index (χ4n) is 1.95. The molecule has 110 valence electrons. The van der Waals surface area contributed by atoms with Crippen molar-refractivity contribution in [2.45, 2.75) is 25.3 Å². The summed E-state index contributed by atoms with van der Waals surface area (Å²) in [5.74, 6) is 0.652. The van der Waals surface area contributed by atoms with Crippen LogP contribution >= 0.6 is 11.8 Å². The topological polar surface area (TPSA) is 68.0 Å². The molecule has 0 bridgehead atoms. The number of nitrogens with two attached hydrogens (primary N) is 1. The zero-order valence-electron chi connectivity index (χ0n) is 12.2. The average Bonchev–Trinajstić information content (AvgIpc) is 2.40. The number of hydrogen-bond donors (Lipinski definition) is 2. The lowest BCUT2D eigenvalue weighted by molar-refractivity contribution is -0.115. The Morgan fingerprint density at radius 1 is 1.29 bits per heavy atom. The number of thioether (sulfide) groups is 1. The van der Waals surface area contributed by atoms with Gasteiger partial charge in [-0.3, -0.25) is 4.79 Å². The first-order valence-electron chi connectivity index (χ1n) is 6.77.